The quantitative estimate of drug-likeness (QED) is 0.656. The van der Waals surface area contributed by atoms with Crippen molar-refractivity contribution in [2.24, 2.45) is 0 Å². The summed E-state index contributed by atoms with van der Waals surface area (Å²) in [5, 5.41) is -0.0487. The SMILES string of the molecule is O=C(CCNS(=O)(=O)c1c(Cl)cccc1Cl)OCC(=O)N1CCOCC1. The van der Waals surface area contributed by atoms with Crippen molar-refractivity contribution in [2.45, 2.75) is 11.3 Å². The van der Waals surface area contributed by atoms with Crippen molar-refractivity contribution in [1.29, 1.82) is 0 Å². The molecule has 11 heteroatoms. The Labute approximate surface area is 161 Å². The molecule has 0 aromatic heterocycles. The Morgan fingerprint density at radius 3 is 2.42 bits per heavy atom. The standard InChI is InChI=1S/C15H18Cl2N2O6S/c16-11-2-1-3-12(17)15(11)26(22,23)18-5-4-14(21)25-10-13(20)19-6-8-24-9-7-19/h1-3,18H,4-10H2. The number of rotatable bonds is 7. The number of carbonyl (C=O) groups is 2. The lowest BCUT2D eigenvalue weighted by atomic mass is 10.4. The van der Waals surface area contributed by atoms with Gasteiger partial charge in [-0.1, -0.05) is 29.3 Å². The van der Waals surface area contributed by atoms with Crippen LogP contribution in [0, 0.1) is 0 Å². The topological polar surface area (TPSA) is 102 Å². The summed E-state index contributed by atoms with van der Waals surface area (Å²) in [7, 11) is -3.98. The van der Waals surface area contributed by atoms with Crippen molar-refractivity contribution < 1.29 is 27.5 Å². The van der Waals surface area contributed by atoms with Crippen molar-refractivity contribution in [3.63, 3.8) is 0 Å². The normalized spacial score (nSPS) is 14.9. The van der Waals surface area contributed by atoms with E-state index in [4.69, 9.17) is 32.7 Å². The number of benzene rings is 1. The van der Waals surface area contributed by atoms with E-state index in [0.717, 1.165) is 0 Å². The monoisotopic (exact) mass is 424 g/mol. The molecule has 1 N–H and O–H groups in total. The summed E-state index contributed by atoms with van der Waals surface area (Å²) in [6.45, 7) is 1.21. The first kappa shape index (κ1) is 20.9. The second-order valence-electron chi connectivity index (χ2n) is 5.35. The molecule has 1 aliphatic heterocycles. The minimum Gasteiger partial charge on any atom is -0.456 e. The largest absolute Gasteiger partial charge is 0.456 e. The highest BCUT2D eigenvalue weighted by Gasteiger charge is 2.22. The van der Waals surface area contributed by atoms with Crippen LogP contribution in [0.15, 0.2) is 23.1 Å². The van der Waals surface area contributed by atoms with Crippen LogP contribution in [0.5, 0.6) is 0 Å². The van der Waals surface area contributed by atoms with Gasteiger partial charge in [-0.3, -0.25) is 9.59 Å². The van der Waals surface area contributed by atoms with Gasteiger partial charge >= 0.3 is 5.97 Å². The van der Waals surface area contributed by atoms with Crippen LogP contribution >= 0.6 is 23.2 Å². The number of sulfonamides is 1. The zero-order valence-electron chi connectivity index (χ0n) is 13.7. The third kappa shape index (κ3) is 5.82. The van der Waals surface area contributed by atoms with E-state index in [1.165, 1.54) is 18.2 Å². The van der Waals surface area contributed by atoms with Crippen LogP contribution in [0.1, 0.15) is 6.42 Å². The van der Waals surface area contributed by atoms with Crippen LogP contribution in [0.25, 0.3) is 0 Å². The van der Waals surface area contributed by atoms with Gasteiger partial charge < -0.3 is 14.4 Å². The molecule has 0 atom stereocenters. The molecule has 0 radical (unpaired) electrons. The van der Waals surface area contributed by atoms with Crippen molar-refractivity contribution in [3.05, 3.63) is 28.2 Å². The first-order valence-electron chi connectivity index (χ1n) is 7.76. The lowest BCUT2D eigenvalue weighted by molar-refractivity contribution is -0.153. The van der Waals surface area contributed by atoms with Crippen LogP contribution in [0.2, 0.25) is 10.0 Å². The van der Waals surface area contributed by atoms with Gasteiger partial charge in [-0.15, -0.1) is 0 Å². The highest BCUT2D eigenvalue weighted by molar-refractivity contribution is 7.89. The zero-order chi connectivity index (χ0) is 19.2. The second kappa shape index (κ2) is 9.52. The molecule has 0 unspecified atom stereocenters. The number of ether oxygens (including phenoxy) is 2. The number of morpholine rings is 1. The van der Waals surface area contributed by atoms with E-state index < -0.39 is 16.0 Å². The predicted octanol–water partition coefficient (Wildman–Crippen LogP) is 1.06. The van der Waals surface area contributed by atoms with Crippen molar-refractivity contribution in [2.75, 3.05) is 39.5 Å². The van der Waals surface area contributed by atoms with Crippen LogP contribution < -0.4 is 4.72 Å². The first-order chi connectivity index (χ1) is 12.3. The number of carbonyl (C=O) groups excluding carboxylic acids is 2. The molecule has 8 nitrogen and oxygen atoms in total. The number of hydrogen-bond acceptors (Lipinski definition) is 6. The van der Waals surface area contributed by atoms with E-state index in [1.807, 2.05) is 0 Å². The van der Waals surface area contributed by atoms with E-state index in [-0.39, 0.29) is 40.4 Å². The van der Waals surface area contributed by atoms with Gasteiger partial charge in [0, 0.05) is 19.6 Å². The van der Waals surface area contributed by atoms with E-state index in [9.17, 15) is 18.0 Å². The minimum atomic E-state index is -3.98. The number of esters is 1. The molecule has 2 rings (SSSR count). The summed E-state index contributed by atoms with van der Waals surface area (Å²) < 4.78 is 36.7. The first-order valence-corrected chi connectivity index (χ1v) is 10.00. The van der Waals surface area contributed by atoms with Gasteiger partial charge in [-0.25, -0.2) is 13.1 Å². The average molecular weight is 425 g/mol. The summed E-state index contributed by atoms with van der Waals surface area (Å²) in [5.41, 5.74) is 0. The van der Waals surface area contributed by atoms with E-state index >= 15 is 0 Å². The molecule has 26 heavy (non-hydrogen) atoms. The Kier molecular flexibility index (Phi) is 7.66. The highest BCUT2D eigenvalue weighted by atomic mass is 35.5. The zero-order valence-corrected chi connectivity index (χ0v) is 16.1. The van der Waals surface area contributed by atoms with Gasteiger partial charge in [0.05, 0.1) is 29.7 Å². The Bertz CT molecular complexity index is 745. The summed E-state index contributed by atoms with van der Waals surface area (Å²) in [6, 6.07) is 4.31. The van der Waals surface area contributed by atoms with Crippen molar-refractivity contribution in [3.8, 4) is 0 Å². The van der Waals surface area contributed by atoms with Crippen molar-refractivity contribution >= 4 is 45.1 Å². The lowest BCUT2D eigenvalue weighted by Gasteiger charge is -2.26. The predicted molar refractivity (Wildman–Crippen MR) is 94.6 cm³/mol. The fraction of sp³-hybridized carbons (Fsp3) is 0.467. The Morgan fingerprint density at radius 2 is 1.81 bits per heavy atom. The molecule has 1 aliphatic rings. The molecular formula is C15H18Cl2N2O6S. The Hall–Kier alpha value is -1.39. The maximum absolute atomic E-state index is 12.2. The molecule has 1 heterocycles. The molecule has 0 bridgehead atoms. The maximum Gasteiger partial charge on any atom is 0.307 e. The van der Waals surface area contributed by atoms with Gasteiger partial charge in [0.25, 0.3) is 5.91 Å². The van der Waals surface area contributed by atoms with Gasteiger partial charge in [0.15, 0.2) is 6.61 Å². The molecular weight excluding hydrogens is 407 g/mol. The van der Waals surface area contributed by atoms with Crippen molar-refractivity contribution in [1.82, 2.24) is 9.62 Å². The van der Waals surface area contributed by atoms with E-state index in [2.05, 4.69) is 4.72 Å². The molecule has 1 amide bonds. The van der Waals surface area contributed by atoms with Crippen LogP contribution in [-0.2, 0) is 29.1 Å². The van der Waals surface area contributed by atoms with Crippen LogP contribution in [0.4, 0.5) is 0 Å². The summed E-state index contributed by atoms with van der Waals surface area (Å²) >= 11 is 11.7. The molecule has 0 saturated carbocycles. The van der Waals surface area contributed by atoms with Gasteiger partial charge in [-0.2, -0.15) is 0 Å². The molecule has 1 aromatic rings. The Morgan fingerprint density at radius 1 is 1.19 bits per heavy atom. The smallest absolute Gasteiger partial charge is 0.307 e. The van der Waals surface area contributed by atoms with E-state index in [1.54, 1.807) is 4.90 Å². The fourth-order valence-electron chi connectivity index (χ4n) is 2.22. The summed E-state index contributed by atoms with van der Waals surface area (Å²) in [6.07, 6.45) is -0.238. The third-order valence-electron chi connectivity index (χ3n) is 3.53. The average Bonchev–Trinajstić information content (AvgIpc) is 2.60. The molecule has 1 fully saturated rings. The van der Waals surface area contributed by atoms with Gasteiger partial charge in [0.2, 0.25) is 10.0 Å². The van der Waals surface area contributed by atoms with Gasteiger partial charge in [-0.05, 0) is 12.1 Å². The third-order valence-corrected chi connectivity index (χ3v) is 5.94. The highest BCUT2D eigenvalue weighted by Crippen LogP contribution is 2.28. The lowest BCUT2D eigenvalue weighted by Crippen LogP contribution is -2.42. The number of nitrogens with zero attached hydrogens (tertiary/aromatic N) is 1. The van der Waals surface area contributed by atoms with E-state index in [0.29, 0.717) is 26.3 Å². The number of halogens is 2. The number of nitrogens with one attached hydrogen (secondary N) is 1. The molecule has 144 valence electrons. The molecule has 1 saturated heterocycles. The van der Waals surface area contributed by atoms with Crippen LogP contribution in [0.3, 0.4) is 0 Å². The molecule has 0 spiro atoms. The summed E-state index contributed by atoms with van der Waals surface area (Å²) in [5.74, 6) is -1.01. The van der Waals surface area contributed by atoms with Crippen LogP contribution in [-0.4, -0.2) is 64.6 Å². The molecule has 0 aliphatic carbocycles. The Balaban J connectivity index is 1.78. The van der Waals surface area contributed by atoms with Gasteiger partial charge in [0.1, 0.15) is 4.90 Å². The number of hydrogen-bond donors (Lipinski definition) is 1. The molecule has 1 aromatic carbocycles. The second-order valence-corrected chi connectivity index (χ2v) is 7.87. The fourth-order valence-corrected chi connectivity index (χ4v) is 4.39. The summed E-state index contributed by atoms with van der Waals surface area (Å²) in [4.78, 5) is 24.8. The minimum absolute atomic E-state index is 0.0244. The number of amides is 1. The maximum atomic E-state index is 12.2.